The molecule has 1 rings (SSSR count). The van der Waals surface area contributed by atoms with Crippen molar-refractivity contribution in [3.05, 3.63) is 24.0 Å². The van der Waals surface area contributed by atoms with Crippen molar-refractivity contribution in [3.8, 4) is 0 Å². The molecular formula is C13H20N2O2. The number of carbonyl (C=O) groups excluding carboxylic acids is 2. The molecule has 0 aliphatic carbocycles. The first-order valence-electron chi connectivity index (χ1n) is 6.13. The van der Waals surface area contributed by atoms with Crippen molar-refractivity contribution in [1.29, 1.82) is 0 Å². The van der Waals surface area contributed by atoms with Gasteiger partial charge in [-0.05, 0) is 19.4 Å². The van der Waals surface area contributed by atoms with Crippen molar-refractivity contribution in [2.24, 2.45) is 0 Å². The summed E-state index contributed by atoms with van der Waals surface area (Å²) in [6, 6.07) is 1.82. The number of hydrogen-bond acceptors (Lipinski definition) is 2. The molecule has 0 saturated heterocycles. The van der Waals surface area contributed by atoms with E-state index in [0.29, 0.717) is 25.9 Å². The number of hydrogen-bond donors (Lipinski definition) is 1. The van der Waals surface area contributed by atoms with Gasteiger partial charge in [0.2, 0.25) is 5.91 Å². The molecule has 1 amide bonds. The number of carbonyl (C=O) groups is 2. The molecule has 0 aliphatic rings. The standard InChI is InChI=1S/C13H20N2O2/c1-3-5-12(16)11-6-8-15(10-11)9-7-13(17)14-4-2/h6,8,10H,3-5,7,9H2,1-2H3,(H,14,17). The Bertz CT molecular complexity index is 383. The molecule has 0 aliphatic heterocycles. The van der Waals surface area contributed by atoms with Gasteiger partial charge in [0.05, 0.1) is 0 Å². The van der Waals surface area contributed by atoms with Crippen LogP contribution >= 0.6 is 0 Å². The van der Waals surface area contributed by atoms with E-state index in [0.717, 1.165) is 12.0 Å². The van der Waals surface area contributed by atoms with Crippen molar-refractivity contribution in [3.63, 3.8) is 0 Å². The summed E-state index contributed by atoms with van der Waals surface area (Å²) in [6.07, 6.45) is 5.56. The van der Waals surface area contributed by atoms with Gasteiger partial charge in [-0.2, -0.15) is 0 Å². The number of aromatic nitrogens is 1. The summed E-state index contributed by atoms with van der Waals surface area (Å²) < 4.78 is 1.89. The van der Waals surface area contributed by atoms with Crippen LogP contribution in [0.25, 0.3) is 0 Å². The zero-order valence-electron chi connectivity index (χ0n) is 10.5. The molecule has 0 saturated carbocycles. The van der Waals surface area contributed by atoms with E-state index < -0.39 is 0 Å². The summed E-state index contributed by atoms with van der Waals surface area (Å²) in [7, 11) is 0. The second kappa shape index (κ2) is 6.89. The van der Waals surface area contributed by atoms with Crippen LogP contribution in [0, 0.1) is 0 Å². The first kappa shape index (κ1) is 13.5. The number of amides is 1. The molecule has 1 N–H and O–H groups in total. The molecule has 0 unspecified atom stereocenters. The Balaban J connectivity index is 2.45. The van der Waals surface area contributed by atoms with Crippen LogP contribution in [0.4, 0.5) is 0 Å². The highest BCUT2D eigenvalue weighted by Crippen LogP contribution is 2.07. The Hall–Kier alpha value is -1.58. The van der Waals surface area contributed by atoms with Gasteiger partial charge in [-0.15, -0.1) is 0 Å². The van der Waals surface area contributed by atoms with E-state index in [1.54, 1.807) is 0 Å². The third kappa shape index (κ3) is 4.43. The normalized spacial score (nSPS) is 10.2. The van der Waals surface area contributed by atoms with E-state index in [2.05, 4.69) is 5.32 Å². The summed E-state index contributed by atoms with van der Waals surface area (Å²) >= 11 is 0. The van der Waals surface area contributed by atoms with Crippen LogP contribution in [-0.4, -0.2) is 22.8 Å². The monoisotopic (exact) mass is 236 g/mol. The average molecular weight is 236 g/mol. The highest BCUT2D eigenvalue weighted by molar-refractivity contribution is 5.95. The molecule has 0 fully saturated rings. The van der Waals surface area contributed by atoms with Crippen LogP contribution in [0.2, 0.25) is 0 Å². The van der Waals surface area contributed by atoms with E-state index in [1.165, 1.54) is 0 Å². The van der Waals surface area contributed by atoms with Crippen molar-refractivity contribution in [2.45, 2.75) is 39.7 Å². The molecule has 0 bridgehead atoms. The zero-order chi connectivity index (χ0) is 12.7. The van der Waals surface area contributed by atoms with Gasteiger partial charge in [0.25, 0.3) is 0 Å². The van der Waals surface area contributed by atoms with E-state index in [9.17, 15) is 9.59 Å². The Morgan fingerprint density at radius 1 is 1.29 bits per heavy atom. The largest absolute Gasteiger partial charge is 0.356 e. The fourth-order valence-corrected chi connectivity index (χ4v) is 1.63. The fraction of sp³-hybridized carbons (Fsp3) is 0.538. The first-order valence-corrected chi connectivity index (χ1v) is 6.13. The quantitative estimate of drug-likeness (QED) is 0.736. The lowest BCUT2D eigenvalue weighted by Gasteiger charge is -2.03. The van der Waals surface area contributed by atoms with Gasteiger partial charge >= 0.3 is 0 Å². The van der Waals surface area contributed by atoms with Gasteiger partial charge in [-0.1, -0.05) is 6.92 Å². The van der Waals surface area contributed by atoms with Gasteiger partial charge in [-0.25, -0.2) is 0 Å². The van der Waals surface area contributed by atoms with Crippen molar-refractivity contribution >= 4 is 11.7 Å². The Kier molecular flexibility index (Phi) is 5.46. The number of Topliss-reactive ketones (excluding diaryl/α,β-unsaturated/α-hetero) is 1. The number of nitrogens with one attached hydrogen (secondary N) is 1. The lowest BCUT2D eigenvalue weighted by molar-refractivity contribution is -0.121. The smallest absolute Gasteiger partial charge is 0.221 e. The molecule has 0 spiro atoms. The SMILES string of the molecule is CCCC(=O)c1ccn(CCC(=O)NCC)c1. The van der Waals surface area contributed by atoms with E-state index in [4.69, 9.17) is 0 Å². The second-order valence-electron chi connectivity index (χ2n) is 4.01. The minimum Gasteiger partial charge on any atom is -0.356 e. The molecule has 4 heteroatoms. The van der Waals surface area contributed by atoms with Gasteiger partial charge in [0, 0.05) is 43.9 Å². The second-order valence-corrected chi connectivity index (χ2v) is 4.01. The third-order valence-electron chi connectivity index (χ3n) is 2.52. The molecular weight excluding hydrogens is 216 g/mol. The van der Waals surface area contributed by atoms with Gasteiger partial charge in [0.1, 0.15) is 0 Å². The number of nitrogens with zero attached hydrogens (tertiary/aromatic N) is 1. The van der Waals surface area contributed by atoms with E-state index in [-0.39, 0.29) is 11.7 Å². The lowest BCUT2D eigenvalue weighted by Crippen LogP contribution is -2.23. The Morgan fingerprint density at radius 3 is 2.71 bits per heavy atom. The summed E-state index contributed by atoms with van der Waals surface area (Å²) in [5.41, 5.74) is 0.739. The minimum absolute atomic E-state index is 0.0441. The van der Waals surface area contributed by atoms with E-state index in [1.807, 2.05) is 36.9 Å². The lowest BCUT2D eigenvalue weighted by atomic mass is 10.1. The highest BCUT2D eigenvalue weighted by Gasteiger charge is 2.07. The van der Waals surface area contributed by atoms with E-state index >= 15 is 0 Å². The molecule has 0 aromatic carbocycles. The fourth-order valence-electron chi connectivity index (χ4n) is 1.63. The summed E-state index contributed by atoms with van der Waals surface area (Å²) in [5.74, 6) is 0.215. The third-order valence-corrected chi connectivity index (χ3v) is 2.52. The number of ketones is 1. The molecule has 0 atom stereocenters. The average Bonchev–Trinajstić information content (AvgIpc) is 2.76. The topological polar surface area (TPSA) is 51.1 Å². The van der Waals surface area contributed by atoms with Crippen LogP contribution in [0.3, 0.4) is 0 Å². The van der Waals surface area contributed by atoms with Crippen LogP contribution in [0.5, 0.6) is 0 Å². The maximum absolute atomic E-state index is 11.6. The van der Waals surface area contributed by atoms with Crippen LogP contribution in [0.1, 0.15) is 43.5 Å². The molecule has 4 nitrogen and oxygen atoms in total. The highest BCUT2D eigenvalue weighted by atomic mass is 16.1. The predicted octanol–water partition coefficient (Wildman–Crippen LogP) is 2.00. The number of aryl methyl sites for hydroxylation is 1. The van der Waals surface area contributed by atoms with Crippen LogP contribution in [0.15, 0.2) is 18.5 Å². The van der Waals surface area contributed by atoms with Crippen molar-refractivity contribution < 1.29 is 9.59 Å². The maximum Gasteiger partial charge on any atom is 0.221 e. The molecule has 17 heavy (non-hydrogen) atoms. The van der Waals surface area contributed by atoms with Crippen LogP contribution < -0.4 is 5.32 Å². The first-order chi connectivity index (χ1) is 8.17. The summed E-state index contributed by atoms with van der Waals surface area (Å²) in [4.78, 5) is 22.9. The van der Waals surface area contributed by atoms with Crippen molar-refractivity contribution in [1.82, 2.24) is 9.88 Å². The van der Waals surface area contributed by atoms with Gasteiger partial charge in [-0.3, -0.25) is 9.59 Å². The van der Waals surface area contributed by atoms with Crippen molar-refractivity contribution in [2.75, 3.05) is 6.54 Å². The Labute approximate surface area is 102 Å². The Morgan fingerprint density at radius 2 is 2.06 bits per heavy atom. The maximum atomic E-state index is 11.6. The molecule has 94 valence electrons. The summed E-state index contributed by atoms with van der Waals surface area (Å²) in [5, 5.41) is 2.75. The van der Waals surface area contributed by atoms with Gasteiger partial charge < -0.3 is 9.88 Å². The predicted molar refractivity (Wildman–Crippen MR) is 67.0 cm³/mol. The molecule has 1 aromatic rings. The number of rotatable bonds is 7. The van der Waals surface area contributed by atoms with Crippen LogP contribution in [-0.2, 0) is 11.3 Å². The minimum atomic E-state index is 0.0441. The summed E-state index contributed by atoms with van der Waals surface area (Å²) in [6.45, 7) is 5.16. The molecule has 0 radical (unpaired) electrons. The molecule has 1 aromatic heterocycles. The van der Waals surface area contributed by atoms with Gasteiger partial charge in [0.15, 0.2) is 5.78 Å². The molecule has 1 heterocycles. The zero-order valence-corrected chi connectivity index (χ0v) is 10.5.